The molecule has 9 heteroatoms. The monoisotopic (exact) mass is 496 g/mol. The second-order valence-electron chi connectivity index (χ2n) is 11.0. The maximum Gasteiger partial charge on any atom is 0.269 e. The first kappa shape index (κ1) is 25.0. The zero-order valence-corrected chi connectivity index (χ0v) is 21.7. The number of amides is 1. The number of morpholine rings is 1. The van der Waals surface area contributed by atoms with Crippen LogP contribution in [0.3, 0.4) is 0 Å². The van der Waals surface area contributed by atoms with Gasteiger partial charge in [0, 0.05) is 19.8 Å². The largest absolute Gasteiger partial charge is 0.377 e. The van der Waals surface area contributed by atoms with Crippen molar-refractivity contribution >= 4 is 17.4 Å². The molecule has 4 atom stereocenters. The highest BCUT2D eigenvalue weighted by molar-refractivity contribution is 5.92. The standard InChI is InChI=1S/C27H40N6O3/c1-4-20-17-36-15-14-33(20)22-9-8-19(16-28-22)30-26(35)24(31-25(34)21-10-13-29-32(21)3)23(18-6-5-7-18)27(2)11-12-27/h8-10,13,16,18,20,23-24,26,30,35H,4-7,11-12,14-15,17H2,1-3H3,(H,31,34)/t20-,23?,24+,26?/m1/s1. The van der Waals surface area contributed by atoms with Crippen molar-refractivity contribution < 1.29 is 14.6 Å². The van der Waals surface area contributed by atoms with E-state index in [1.165, 1.54) is 6.42 Å². The molecule has 0 radical (unpaired) electrons. The Kier molecular flexibility index (Phi) is 7.21. The third-order valence-electron chi connectivity index (χ3n) is 8.63. The highest BCUT2D eigenvalue weighted by atomic mass is 16.5. The van der Waals surface area contributed by atoms with Crippen molar-refractivity contribution in [2.75, 3.05) is 30.0 Å². The zero-order chi connectivity index (χ0) is 25.3. The molecule has 1 saturated heterocycles. The summed E-state index contributed by atoms with van der Waals surface area (Å²) in [5, 5.41) is 22.1. The van der Waals surface area contributed by atoms with Crippen molar-refractivity contribution in [2.45, 2.75) is 70.7 Å². The van der Waals surface area contributed by atoms with Crippen LogP contribution in [-0.2, 0) is 11.8 Å². The minimum Gasteiger partial charge on any atom is -0.377 e. The molecule has 3 aliphatic rings. The van der Waals surface area contributed by atoms with Crippen LogP contribution >= 0.6 is 0 Å². The Morgan fingerprint density at radius 3 is 2.69 bits per heavy atom. The number of aliphatic hydroxyl groups is 1. The second-order valence-corrected chi connectivity index (χ2v) is 11.0. The maximum absolute atomic E-state index is 13.2. The van der Waals surface area contributed by atoms with E-state index in [2.05, 4.69) is 34.5 Å². The molecule has 1 amide bonds. The molecular formula is C27H40N6O3. The van der Waals surface area contributed by atoms with E-state index in [4.69, 9.17) is 9.72 Å². The van der Waals surface area contributed by atoms with Gasteiger partial charge < -0.3 is 25.4 Å². The first-order valence-electron chi connectivity index (χ1n) is 13.4. The molecule has 3 fully saturated rings. The molecule has 9 nitrogen and oxygen atoms in total. The maximum atomic E-state index is 13.2. The Balaban J connectivity index is 1.34. The Hall–Kier alpha value is -2.65. The van der Waals surface area contributed by atoms with Gasteiger partial charge in [-0.25, -0.2) is 4.98 Å². The van der Waals surface area contributed by atoms with Crippen molar-refractivity contribution in [3.05, 3.63) is 36.3 Å². The van der Waals surface area contributed by atoms with Gasteiger partial charge in [-0.05, 0) is 54.7 Å². The van der Waals surface area contributed by atoms with Crippen LogP contribution in [0.15, 0.2) is 30.6 Å². The van der Waals surface area contributed by atoms with Crippen LogP contribution in [-0.4, -0.2) is 63.8 Å². The molecule has 0 spiro atoms. The number of rotatable bonds is 10. The number of aliphatic hydroxyl groups excluding tert-OH is 1. The molecule has 0 bridgehead atoms. The predicted octanol–water partition coefficient (Wildman–Crippen LogP) is 3.18. The van der Waals surface area contributed by atoms with Crippen molar-refractivity contribution in [1.29, 1.82) is 0 Å². The van der Waals surface area contributed by atoms with Gasteiger partial charge in [-0.1, -0.05) is 33.1 Å². The minimum absolute atomic E-state index is 0.145. The van der Waals surface area contributed by atoms with E-state index in [0.29, 0.717) is 24.3 Å². The normalized spacial score (nSPS) is 23.9. The number of ether oxygens (including phenoxy) is 1. The predicted molar refractivity (Wildman–Crippen MR) is 139 cm³/mol. The fourth-order valence-electron chi connectivity index (χ4n) is 6.01. The molecule has 2 aromatic rings. The lowest BCUT2D eigenvalue weighted by Gasteiger charge is -2.44. The Morgan fingerprint density at radius 2 is 2.11 bits per heavy atom. The van der Waals surface area contributed by atoms with Crippen LogP contribution in [0.25, 0.3) is 0 Å². The topological polar surface area (TPSA) is 105 Å². The molecule has 36 heavy (non-hydrogen) atoms. The van der Waals surface area contributed by atoms with E-state index < -0.39 is 12.3 Å². The van der Waals surface area contributed by atoms with E-state index in [1.54, 1.807) is 30.2 Å². The van der Waals surface area contributed by atoms with Gasteiger partial charge in [0.1, 0.15) is 17.7 Å². The number of nitrogens with one attached hydrogen (secondary N) is 2. The van der Waals surface area contributed by atoms with Gasteiger partial charge in [-0.2, -0.15) is 5.10 Å². The molecular weight excluding hydrogens is 456 g/mol. The van der Waals surface area contributed by atoms with Gasteiger partial charge in [-0.15, -0.1) is 0 Å². The summed E-state index contributed by atoms with van der Waals surface area (Å²) >= 11 is 0. The summed E-state index contributed by atoms with van der Waals surface area (Å²) in [6.07, 6.45) is 9.24. The van der Waals surface area contributed by atoms with Gasteiger partial charge in [0.25, 0.3) is 5.91 Å². The molecule has 2 aromatic heterocycles. The van der Waals surface area contributed by atoms with Crippen molar-refractivity contribution in [3.8, 4) is 0 Å². The SMILES string of the molecule is CC[C@@H]1COCCN1c1ccc(NC(O)[C@@H](NC(=O)c2ccnn2C)C(C2CCC2)C2(C)CC2)cn1. The van der Waals surface area contributed by atoms with E-state index in [1.807, 2.05) is 12.1 Å². The van der Waals surface area contributed by atoms with Gasteiger partial charge >= 0.3 is 0 Å². The fraction of sp³-hybridized carbons (Fsp3) is 0.667. The minimum atomic E-state index is -0.940. The lowest BCUT2D eigenvalue weighted by Crippen LogP contribution is -2.56. The summed E-state index contributed by atoms with van der Waals surface area (Å²) in [5.41, 5.74) is 1.37. The van der Waals surface area contributed by atoms with E-state index in [9.17, 15) is 9.90 Å². The van der Waals surface area contributed by atoms with Crippen LogP contribution in [0, 0.1) is 17.3 Å². The number of hydrogen-bond donors (Lipinski definition) is 3. The summed E-state index contributed by atoms with van der Waals surface area (Å²) in [4.78, 5) is 20.2. The van der Waals surface area contributed by atoms with E-state index in [0.717, 1.165) is 56.8 Å². The highest BCUT2D eigenvalue weighted by Gasteiger charge is 2.54. The number of pyridine rings is 1. The number of aromatic nitrogens is 3. The molecule has 5 rings (SSSR count). The van der Waals surface area contributed by atoms with Crippen LogP contribution in [0.2, 0.25) is 0 Å². The molecule has 3 heterocycles. The number of carbonyl (C=O) groups is 1. The van der Waals surface area contributed by atoms with Gasteiger partial charge in [0.15, 0.2) is 0 Å². The smallest absolute Gasteiger partial charge is 0.269 e. The highest BCUT2D eigenvalue weighted by Crippen LogP contribution is 2.58. The number of aryl methyl sites for hydroxylation is 1. The zero-order valence-electron chi connectivity index (χ0n) is 21.7. The molecule has 1 aliphatic heterocycles. The quantitative estimate of drug-likeness (QED) is 0.434. The van der Waals surface area contributed by atoms with Gasteiger partial charge in [0.2, 0.25) is 0 Å². The third kappa shape index (κ3) is 5.09. The van der Waals surface area contributed by atoms with Crippen LogP contribution in [0.5, 0.6) is 0 Å². The average molecular weight is 497 g/mol. The van der Waals surface area contributed by atoms with Crippen molar-refractivity contribution in [2.24, 2.45) is 24.3 Å². The average Bonchev–Trinajstić information content (AvgIpc) is 3.45. The van der Waals surface area contributed by atoms with Crippen LogP contribution in [0.4, 0.5) is 11.5 Å². The summed E-state index contributed by atoms with van der Waals surface area (Å²) in [6, 6.07) is 5.57. The lowest BCUT2D eigenvalue weighted by atomic mass is 9.66. The lowest BCUT2D eigenvalue weighted by molar-refractivity contribution is 0.0317. The third-order valence-corrected chi connectivity index (χ3v) is 8.63. The van der Waals surface area contributed by atoms with Gasteiger partial charge in [-0.3, -0.25) is 9.48 Å². The second kappa shape index (κ2) is 10.4. The first-order chi connectivity index (χ1) is 17.4. The number of anilines is 2. The van der Waals surface area contributed by atoms with E-state index in [-0.39, 0.29) is 17.2 Å². The molecule has 2 unspecified atom stereocenters. The summed E-state index contributed by atoms with van der Waals surface area (Å²) in [7, 11) is 1.76. The van der Waals surface area contributed by atoms with Crippen molar-refractivity contribution in [3.63, 3.8) is 0 Å². The molecule has 0 aromatic carbocycles. The molecule has 2 aliphatic carbocycles. The Morgan fingerprint density at radius 1 is 1.31 bits per heavy atom. The first-order valence-corrected chi connectivity index (χ1v) is 13.4. The molecule has 2 saturated carbocycles. The summed E-state index contributed by atoms with van der Waals surface area (Å²) in [5.74, 6) is 1.43. The number of hydrogen-bond acceptors (Lipinski definition) is 7. The number of carbonyl (C=O) groups excluding carboxylic acids is 1. The summed E-state index contributed by atoms with van der Waals surface area (Å²) in [6.45, 7) is 6.71. The van der Waals surface area contributed by atoms with Crippen molar-refractivity contribution in [1.82, 2.24) is 20.1 Å². The molecule has 196 valence electrons. The summed E-state index contributed by atoms with van der Waals surface area (Å²) < 4.78 is 7.20. The van der Waals surface area contributed by atoms with E-state index >= 15 is 0 Å². The fourth-order valence-corrected chi connectivity index (χ4v) is 6.01. The van der Waals surface area contributed by atoms with Crippen LogP contribution in [0.1, 0.15) is 62.9 Å². The molecule has 3 N–H and O–H groups in total. The number of nitrogens with zero attached hydrogens (tertiary/aromatic N) is 4. The Bertz CT molecular complexity index is 1030. The Labute approximate surface area is 213 Å². The van der Waals surface area contributed by atoms with Crippen LogP contribution < -0.4 is 15.5 Å². The van der Waals surface area contributed by atoms with Gasteiger partial charge in [0.05, 0.1) is 37.2 Å².